The van der Waals surface area contributed by atoms with Crippen LogP contribution in [0.15, 0.2) is 18.2 Å². The maximum absolute atomic E-state index is 11.5. The molecule has 25 heavy (non-hydrogen) atoms. The number of hydrogen-bond acceptors (Lipinski definition) is 7. The molecule has 132 valence electrons. The van der Waals surface area contributed by atoms with Crippen molar-refractivity contribution in [1.82, 2.24) is 9.97 Å². The second-order valence-electron chi connectivity index (χ2n) is 4.96. The number of carbonyl (C=O) groups is 2. The Labute approximate surface area is 147 Å². The van der Waals surface area contributed by atoms with Gasteiger partial charge in [0.25, 0.3) is 5.95 Å². The van der Waals surface area contributed by atoms with Crippen LogP contribution >= 0.6 is 11.6 Å². The van der Waals surface area contributed by atoms with Gasteiger partial charge in [0.2, 0.25) is 0 Å². The molecular weight excluding hydrogens is 350 g/mol. The van der Waals surface area contributed by atoms with E-state index >= 15 is 0 Å². The van der Waals surface area contributed by atoms with Gasteiger partial charge in [0.05, 0.1) is 5.69 Å². The number of urea groups is 2. The molecule has 0 unspecified atom stereocenters. The first-order chi connectivity index (χ1) is 11.6. The van der Waals surface area contributed by atoms with Crippen LogP contribution in [0.1, 0.15) is 5.69 Å². The molecular formula is C13H16ClN9O2. The number of primary amides is 2. The van der Waals surface area contributed by atoms with Gasteiger partial charge in [0.15, 0.2) is 5.82 Å². The van der Waals surface area contributed by atoms with Gasteiger partial charge in [0, 0.05) is 21.8 Å². The summed E-state index contributed by atoms with van der Waals surface area (Å²) in [5.74, 6) is 10.8. The first-order valence-corrected chi connectivity index (χ1v) is 7.13. The molecule has 0 bridgehead atoms. The van der Waals surface area contributed by atoms with Crippen LogP contribution in [0.25, 0.3) is 11.1 Å². The van der Waals surface area contributed by atoms with E-state index in [0.29, 0.717) is 37.5 Å². The van der Waals surface area contributed by atoms with E-state index in [-0.39, 0.29) is 11.8 Å². The van der Waals surface area contributed by atoms with E-state index in [0.717, 1.165) is 0 Å². The predicted octanol–water partition coefficient (Wildman–Crippen LogP) is 0.205. The number of nitrogens with two attached hydrogens (primary N) is 5. The molecule has 1 heterocycles. The molecule has 4 amide bonds. The average Bonchev–Trinajstić information content (AvgIpc) is 2.54. The van der Waals surface area contributed by atoms with Crippen LogP contribution in [0.2, 0.25) is 5.02 Å². The fourth-order valence-corrected chi connectivity index (χ4v) is 2.29. The summed E-state index contributed by atoms with van der Waals surface area (Å²) in [7, 11) is 0. The number of hydrogen-bond donors (Lipinski definition) is 5. The molecule has 0 aliphatic rings. The Morgan fingerprint density at radius 2 is 1.68 bits per heavy atom. The Hall–Kier alpha value is -3.15. The smallest absolute Gasteiger partial charge is 0.336 e. The van der Waals surface area contributed by atoms with Crippen molar-refractivity contribution < 1.29 is 9.59 Å². The zero-order valence-electron chi connectivity index (χ0n) is 13.1. The van der Waals surface area contributed by atoms with E-state index in [1.807, 2.05) is 0 Å². The molecule has 0 atom stereocenters. The van der Waals surface area contributed by atoms with Crippen molar-refractivity contribution in [3.8, 4) is 11.1 Å². The normalized spacial score (nSPS) is 10.4. The Bertz CT molecular complexity index is 858. The van der Waals surface area contributed by atoms with E-state index < -0.39 is 12.1 Å². The van der Waals surface area contributed by atoms with Crippen LogP contribution in [-0.4, -0.2) is 22.0 Å². The van der Waals surface area contributed by atoms with E-state index in [9.17, 15) is 9.59 Å². The van der Waals surface area contributed by atoms with Gasteiger partial charge in [-0.25, -0.2) is 31.3 Å². The molecule has 0 spiro atoms. The Kier molecular flexibility index (Phi) is 4.92. The average molecular weight is 366 g/mol. The van der Waals surface area contributed by atoms with Crippen molar-refractivity contribution in [1.29, 1.82) is 0 Å². The lowest BCUT2D eigenvalue weighted by molar-refractivity contribution is 0.253. The number of nitrogens with zero attached hydrogens (tertiary/aromatic N) is 4. The highest BCUT2D eigenvalue weighted by molar-refractivity contribution is 6.33. The first kappa shape index (κ1) is 18.2. The summed E-state index contributed by atoms with van der Waals surface area (Å²) in [5, 5.41) is 1.38. The standard InChI is InChI=1S/C13H16ClN9O2/c1-5-9(7-4-6(15)2-3-8(7)14)10(22(18)11(16)24)21-13(20-5)23(19)12(17)25/h2-4H,15,18-19H2,1H3,(H2,16,24)(H2,17,25). The molecule has 12 heteroatoms. The Morgan fingerprint density at radius 3 is 2.24 bits per heavy atom. The molecule has 2 rings (SSSR count). The van der Waals surface area contributed by atoms with Crippen molar-refractivity contribution >= 4 is 41.1 Å². The van der Waals surface area contributed by atoms with Gasteiger partial charge in [-0.15, -0.1) is 0 Å². The molecule has 0 aliphatic heterocycles. The quantitative estimate of drug-likeness (QED) is 0.221. The van der Waals surface area contributed by atoms with E-state index in [4.69, 9.17) is 40.5 Å². The third kappa shape index (κ3) is 3.52. The molecule has 1 aromatic heterocycles. The van der Waals surface area contributed by atoms with Gasteiger partial charge < -0.3 is 17.2 Å². The summed E-state index contributed by atoms with van der Waals surface area (Å²) in [4.78, 5) is 30.9. The zero-order chi connectivity index (χ0) is 18.9. The van der Waals surface area contributed by atoms with Gasteiger partial charge >= 0.3 is 12.1 Å². The van der Waals surface area contributed by atoms with Crippen molar-refractivity contribution in [3.05, 3.63) is 28.9 Å². The van der Waals surface area contributed by atoms with Gasteiger partial charge in [0.1, 0.15) is 0 Å². The summed E-state index contributed by atoms with van der Waals surface area (Å²) in [6.45, 7) is 1.58. The number of rotatable bonds is 3. The number of halogens is 1. The third-order valence-corrected chi connectivity index (χ3v) is 3.57. The van der Waals surface area contributed by atoms with Crippen LogP contribution < -0.4 is 38.9 Å². The Balaban J connectivity index is 2.80. The van der Waals surface area contributed by atoms with Crippen LogP contribution in [-0.2, 0) is 0 Å². The molecule has 11 nitrogen and oxygen atoms in total. The topological polar surface area (TPSA) is 196 Å². The number of anilines is 3. The van der Waals surface area contributed by atoms with Gasteiger partial charge in [-0.2, -0.15) is 9.99 Å². The molecule has 1 aromatic carbocycles. The highest BCUT2D eigenvalue weighted by atomic mass is 35.5. The van der Waals surface area contributed by atoms with Crippen LogP contribution in [0.4, 0.5) is 27.0 Å². The van der Waals surface area contributed by atoms with Crippen LogP contribution in [0, 0.1) is 6.92 Å². The summed E-state index contributed by atoms with van der Waals surface area (Å²) < 4.78 is 0. The number of amides is 4. The summed E-state index contributed by atoms with van der Waals surface area (Å²) in [6.07, 6.45) is 0. The largest absolute Gasteiger partial charge is 0.399 e. The maximum Gasteiger partial charge on any atom is 0.336 e. The minimum absolute atomic E-state index is 0.126. The molecule has 0 saturated carbocycles. The summed E-state index contributed by atoms with van der Waals surface area (Å²) in [6, 6.07) is 2.70. The highest BCUT2D eigenvalue weighted by Crippen LogP contribution is 2.37. The van der Waals surface area contributed by atoms with Crippen LogP contribution in [0.3, 0.4) is 0 Å². The molecule has 0 saturated heterocycles. The van der Waals surface area contributed by atoms with Crippen molar-refractivity contribution in [2.24, 2.45) is 23.2 Å². The molecule has 0 radical (unpaired) electrons. The molecule has 0 fully saturated rings. The second kappa shape index (κ2) is 6.76. The van der Waals surface area contributed by atoms with Gasteiger partial charge in [-0.1, -0.05) is 11.6 Å². The molecule has 10 N–H and O–H groups in total. The minimum atomic E-state index is -1.01. The SMILES string of the molecule is Cc1nc(N(N)C(N)=O)nc(N(N)C(N)=O)c1-c1cc(N)ccc1Cl. The van der Waals surface area contributed by atoms with Crippen LogP contribution in [0.5, 0.6) is 0 Å². The fraction of sp³-hybridized carbons (Fsp3) is 0.0769. The number of aromatic nitrogens is 2. The van der Waals surface area contributed by atoms with Crippen molar-refractivity contribution in [2.45, 2.75) is 6.92 Å². The van der Waals surface area contributed by atoms with Gasteiger partial charge in [-0.3, -0.25) is 0 Å². The van der Waals surface area contributed by atoms with Crippen molar-refractivity contribution in [2.75, 3.05) is 15.8 Å². The summed E-state index contributed by atoms with van der Waals surface area (Å²) in [5.41, 5.74) is 17.6. The number of carbonyl (C=O) groups excluding carboxylic acids is 2. The maximum atomic E-state index is 11.5. The lowest BCUT2D eigenvalue weighted by atomic mass is 10.0. The Morgan fingerprint density at radius 1 is 1.08 bits per heavy atom. The van der Waals surface area contributed by atoms with Gasteiger partial charge in [-0.05, 0) is 25.1 Å². The number of nitrogen functional groups attached to an aromatic ring is 1. The number of benzene rings is 1. The minimum Gasteiger partial charge on any atom is -0.399 e. The van der Waals surface area contributed by atoms with E-state index in [2.05, 4.69) is 9.97 Å². The first-order valence-electron chi connectivity index (χ1n) is 6.76. The van der Waals surface area contributed by atoms with Crippen molar-refractivity contribution in [3.63, 3.8) is 0 Å². The monoisotopic (exact) mass is 365 g/mol. The molecule has 0 aliphatic carbocycles. The predicted molar refractivity (Wildman–Crippen MR) is 94.1 cm³/mol. The third-order valence-electron chi connectivity index (χ3n) is 3.24. The lowest BCUT2D eigenvalue weighted by Gasteiger charge is -2.21. The number of aryl methyl sites for hydroxylation is 1. The zero-order valence-corrected chi connectivity index (χ0v) is 13.9. The van der Waals surface area contributed by atoms with E-state index in [1.54, 1.807) is 25.1 Å². The molecule has 2 aromatic rings. The highest BCUT2D eigenvalue weighted by Gasteiger charge is 2.24. The fourth-order valence-electron chi connectivity index (χ4n) is 2.08. The van der Waals surface area contributed by atoms with E-state index in [1.165, 1.54) is 0 Å². The second-order valence-corrected chi connectivity index (χ2v) is 5.37. The summed E-state index contributed by atoms with van der Waals surface area (Å²) >= 11 is 6.22. The number of hydrazine groups is 2. The lowest BCUT2D eigenvalue weighted by Crippen LogP contribution is -2.45.